The fourth-order valence-electron chi connectivity index (χ4n) is 2.38. The van der Waals surface area contributed by atoms with Crippen LogP contribution in [0.1, 0.15) is 17.3 Å². The number of carbonyl (C=O) groups excluding carboxylic acids is 2. The number of nitrogens with zero attached hydrogens (tertiary/aromatic N) is 2. The van der Waals surface area contributed by atoms with Crippen molar-refractivity contribution in [3.8, 4) is 0 Å². The smallest absolute Gasteiger partial charge is 0.256 e. The van der Waals surface area contributed by atoms with Gasteiger partial charge in [-0.15, -0.1) is 0 Å². The van der Waals surface area contributed by atoms with Gasteiger partial charge in [-0.05, 0) is 18.2 Å². The van der Waals surface area contributed by atoms with Crippen LogP contribution in [-0.4, -0.2) is 62.5 Å². The van der Waals surface area contributed by atoms with Crippen molar-refractivity contribution in [1.82, 2.24) is 9.80 Å². The van der Waals surface area contributed by atoms with E-state index in [1.54, 1.807) is 4.90 Å². The Morgan fingerprint density at radius 1 is 1.13 bits per heavy atom. The van der Waals surface area contributed by atoms with Crippen molar-refractivity contribution >= 4 is 27.5 Å². The third-order valence-electron chi connectivity index (χ3n) is 3.52. The van der Waals surface area contributed by atoms with E-state index in [4.69, 9.17) is 0 Å². The summed E-state index contributed by atoms with van der Waals surface area (Å²) in [7, 11) is -3.59. The molecule has 0 aliphatic carbocycles. The van der Waals surface area contributed by atoms with Gasteiger partial charge in [0.1, 0.15) is 5.82 Å². The summed E-state index contributed by atoms with van der Waals surface area (Å²) in [4.78, 5) is 26.9. The average Bonchev–Trinajstić information content (AvgIpc) is 2.47. The molecule has 23 heavy (non-hydrogen) atoms. The second-order valence-corrected chi connectivity index (χ2v) is 7.11. The predicted octanol–water partition coefficient (Wildman–Crippen LogP) is 0.502. The fourth-order valence-corrected chi connectivity index (χ4v) is 2.95. The first-order valence-corrected chi connectivity index (χ1v) is 8.88. The highest BCUT2D eigenvalue weighted by Crippen LogP contribution is 2.21. The van der Waals surface area contributed by atoms with E-state index in [2.05, 4.69) is 4.72 Å². The van der Waals surface area contributed by atoms with Crippen molar-refractivity contribution in [1.29, 1.82) is 0 Å². The fraction of sp³-hybridized carbons (Fsp3) is 0.429. The number of benzene rings is 1. The summed E-state index contributed by atoms with van der Waals surface area (Å²) < 4.78 is 38.5. The average molecular weight is 343 g/mol. The molecule has 1 aromatic carbocycles. The van der Waals surface area contributed by atoms with Crippen molar-refractivity contribution < 1.29 is 22.4 Å². The molecule has 2 rings (SSSR count). The molecular weight excluding hydrogens is 325 g/mol. The highest BCUT2D eigenvalue weighted by atomic mass is 32.2. The van der Waals surface area contributed by atoms with Gasteiger partial charge in [-0.25, -0.2) is 12.8 Å². The minimum atomic E-state index is -3.59. The van der Waals surface area contributed by atoms with Gasteiger partial charge >= 0.3 is 0 Å². The number of carbonyl (C=O) groups is 2. The molecule has 1 aliphatic rings. The Kier molecular flexibility index (Phi) is 4.88. The van der Waals surface area contributed by atoms with Gasteiger partial charge in [-0.1, -0.05) is 0 Å². The van der Waals surface area contributed by atoms with Crippen molar-refractivity contribution in [3.05, 3.63) is 29.6 Å². The quantitative estimate of drug-likeness (QED) is 0.866. The Morgan fingerprint density at radius 3 is 2.22 bits per heavy atom. The van der Waals surface area contributed by atoms with Crippen molar-refractivity contribution in [3.63, 3.8) is 0 Å². The Balaban J connectivity index is 2.22. The third-order valence-corrected chi connectivity index (χ3v) is 4.11. The number of hydrogen-bond donors (Lipinski definition) is 1. The molecule has 126 valence electrons. The number of anilines is 1. The summed E-state index contributed by atoms with van der Waals surface area (Å²) in [6.07, 6.45) is 0.955. The van der Waals surface area contributed by atoms with E-state index < -0.39 is 21.7 Å². The molecule has 0 atom stereocenters. The molecular formula is C14H18FN3O4S. The van der Waals surface area contributed by atoms with Crippen molar-refractivity contribution in [2.75, 3.05) is 37.2 Å². The van der Waals surface area contributed by atoms with Crippen LogP contribution < -0.4 is 4.72 Å². The minimum Gasteiger partial charge on any atom is -0.339 e. The second kappa shape index (κ2) is 6.53. The van der Waals surface area contributed by atoms with E-state index in [0.717, 1.165) is 18.4 Å². The van der Waals surface area contributed by atoms with Crippen molar-refractivity contribution in [2.24, 2.45) is 0 Å². The maximum Gasteiger partial charge on any atom is 0.256 e. The standard InChI is InChI=1S/C14H18FN3O4S/c1-10(19)17-5-7-18(8-6-17)14(20)12-9-11(15)3-4-13(12)16-23(2,21)22/h3-4,9,16H,5-8H2,1-2H3. The van der Waals surface area contributed by atoms with Crippen LogP contribution in [-0.2, 0) is 14.8 Å². The number of amides is 2. The number of sulfonamides is 1. The van der Waals surface area contributed by atoms with Gasteiger partial charge in [0, 0.05) is 33.1 Å². The van der Waals surface area contributed by atoms with Crippen molar-refractivity contribution in [2.45, 2.75) is 6.92 Å². The minimum absolute atomic E-state index is 0.0351. The number of halogens is 1. The van der Waals surface area contributed by atoms with Crippen LogP contribution in [0.2, 0.25) is 0 Å². The number of rotatable bonds is 3. The van der Waals surface area contributed by atoms with Crippen LogP contribution in [0.3, 0.4) is 0 Å². The first kappa shape index (κ1) is 17.2. The van der Waals surface area contributed by atoms with Crippen LogP contribution in [0.5, 0.6) is 0 Å². The third kappa shape index (κ3) is 4.41. The molecule has 0 unspecified atom stereocenters. The van der Waals surface area contributed by atoms with E-state index in [0.29, 0.717) is 26.2 Å². The summed E-state index contributed by atoms with van der Waals surface area (Å²) in [5, 5.41) is 0. The highest BCUT2D eigenvalue weighted by molar-refractivity contribution is 7.92. The van der Waals surface area contributed by atoms with Gasteiger partial charge in [-0.3, -0.25) is 14.3 Å². The Labute approximate surface area is 134 Å². The molecule has 0 aromatic heterocycles. The molecule has 1 saturated heterocycles. The lowest BCUT2D eigenvalue weighted by atomic mass is 10.1. The lowest BCUT2D eigenvalue weighted by Crippen LogP contribution is -2.50. The van der Waals surface area contributed by atoms with Gasteiger partial charge in [-0.2, -0.15) is 0 Å². The van der Waals surface area contributed by atoms with Gasteiger partial charge in [0.2, 0.25) is 15.9 Å². The highest BCUT2D eigenvalue weighted by Gasteiger charge is 2.25. The Bertz CT molecular complexity index is 728. The zero-order valence-electron chi connectivity index (χ0n) is 12.9. The van der Waals surface area contributed by atoms with Crippen LogP contribution in [0.15, 0.2) is 18.2 Å². The molecule has 1 aromatic rings. The molecule has 2 amide bonds. The first-order chi connectivity index (χ1) is 10.7. The zero-order chi connectivity index (χ0) is 17.2. The summed E-state index contributed by atoms with van der Waals surface area (Å²) >= 11 is 0. The maximum absolute atomic E-state index is 13.5. The monoisotopic (exact) mass is 343 g/mol. The molecule has 1 aliphatic heterocycles. The summed E-state index contributed by atoms with van der Waals surface area (Å²) in [5.41, 5.74) is -0.0143. The first-order valence-electron chi connectivity index (χ1n) is 6.99. The lowest BCUT2D eigenvalue weighted by molar-refractivity contribution is -0.130. The summed E-state index contributed by atoms with van der Waals surface area (Å²) in [6, 6.07) is 3.31. The van der Waals surface area contributed by atoms with Crippen LogP contribution >= 0.6 is 0 Å². The van der Waals surface area contributed by atoms with Crippen LogP contribution in [0, 0.1) is 5.82 Å². The van der Waals surface area contributed by atoms with Gasteiger partial charge < -0.3 is 9.80 Å². The molecule has 0 bridgehead atoms. The molecule has 0 spiro atoms. The SMILES string of the molecule is CC(=O)N1CCN(C(=O)c2cc(F)ccc2NS(C)(=O)=O)CC1. The number of hydrogen-bond acceptors (Lipinski definition) is 4. The summed E-state index contributed by atoms with van der Waals surface area (Å²) in [6.45, 7) is 2.87. The Morgan fingerprint density at radius 2 is 1.70 bits per heavy atom. The number of nitrogens with one attached hydrogen (secondary N) is 1. The molecule has 9 heteroatoms. The normalized spacial score (nSPS) is 15.4. The van der Waals surface area contributed by atoms with Gasteiger partial charge in [0.15, 0.2) is 0 Å². The molecule has 0 radical (unpaired) electrons. The van der Waals surface area contributed by atoms with E-state index in [-0.39, 0.29) is 17.2 Å². The predicted molar refractivity (Wildman–Crippen MR) is 83.0 cm³/mol. The van der Waals surface area contributed by atoms with E-state index in [1.165, 1.54) is 17.9 Å². The maximum atomic E-state index is 13.5. The van der Waals surface area contributed by atoms with E-state index in [1.807, 2.05) is 0 Å². The largest absolute Gasteiger partial charge is 0.339 e. The lowest BCUT2D eigenvalue weighted by Gasteiger charge is -2.34. The molecule has 1 fully saturated rings. The summed E-state index contributed by atoms with van der Waals surface area (Å²) in [5.74, 6) is -1.17. The van der Waals surface area contributed by atoms with Gasteiger partial charge in [0.05, 0.1) is 17.5 Å². The van der Waals surface area contributed by atoms with E-state index >= 15 is 0 Å². The Hall–Kier alpha value is -2.16. The van der Waals surface area contributed by atoms with Crippen LogP contribution in [0.4, 0.5) is 10.1 Å². The zero-order valence-corrected chi connectivity index (χ0v) is 13.7. The second-order valence-electron chi connectivity index (χ2n) is 5.36. The molecule has 1 heterocycles. The van der Waals surface area contributed by atoms with Crippen LogP contribution in [0.25, 0.3) is 0 Å². The van der Waals surface area contributed by atoms with Gasteiger partial charge in [0.25, 0.3) is 5.91 Å². The number of piperazine rings is 1. The molecule has 7 nitrogen and oxygen atoms in total. The molecule has 1 N–H and O–H groups in total. The van der Waals surface area contributed by atoms with E-state index in [9.17, 15) is 22.4 Å². The molecule has 0 saturated carbocycles. The topological polar surface area (TPSA) is 86.8 Å².